The van der Waals surface area contributed by atoms with Crippen molar-refractivity contribution in [2.24, 2.45) is 0 Å². The average Bonchev–Trinajstić information content (AvgIpc) is 2.85. The third-order valence-corrected chi connectivity index (χ3v) is 4.38. The minimum Gasteiger partial charge on any atom is -0.350 e. The van der Waals surface area contributed by atoms with Crippen molar-refractivity contribution in [1.29, 1.82) is 0 Å². The molecule has 0 radical (unpaired) electrons. The molecule has 3 aromatic rings. The van der Waals surface area contributed by atoms with Crippen LogP contribution in [0.2, 0.25) is 10.0 Å². The van der Waals surface area contributed by atoms with Gasteiger partial charge in [-0.05, 0) is 42.6 Å². The molecule has 2 aromatic carbocycles. The molecule has 1 N–H and O–H groups in total. The zero-order valence-corrected chi connectivity index (χ0v) is 14.2. The predicted octanol–water partition coefficient (Wildman–Crippen LogP) is 4.69. The number of nitrogens with one attached hydrogen (secondary N) is 1. The number of benzene rings is 2. The first-order chi connectivity index (χ1) is 11.1. The van der Waals surface area contributed by atoms with Crippen molar-refractivity contribution < 1.29 is 4.79 Å². The number of fused-ring (bicyclic) bond motifs is 1. The highest BCUT2D eigenvalue weighted by atomic mass is 35.5. The lowest BCUT2D eigenvalue weighted by atomic mass is 10.2. The number of para-hydroxylation sites is 1. The standard InChI is InChI=1S/C18H16Cl2N2O/c1-12-10-13-4-2-3-5-17(13)22(12)9-8-21-18(23)15-11-14(19)6-7-16(15)20/h2-7,10-11H,8-9H2,1H3,(H,21,23). The summed E-state index contributed by atoms with van der Waals surface area (Å²) < 4.78 is 2.19. The molecule has 0 aliphatic heterocycles. The van der Waals surface area contributed by atoms with Crippen LogP contribution in [0.4, 0.5) is 0 Å². The Morgan fingerprint density at radius 1 is 1.13 bits per heavy atom. The maximum absolute atomic E-state index is 12.2. The first-order valence-electron chi connectivity index (χ1n) is 7.34. The highest BCUT2D eigenvalue weighted by molar-refractivity contribution is 6.35. The summed E-state index contributed by atoms with van der Waals surface area (Å²) in [6.45, 7) is 3.28. The molecule has 1 amide bonds. The van der Waals surface area contributed by atoms with Crippen molar-refractivity contribution in [1.82, 2.24) is 9.88 Å². The number of amides is 1. The molecule has 1 heterocycles. The van der Waals surface area contributed by atoms with Gasteiger partial charge in [0.2, 0.25) is 0 Å². The Bertz CT molecular complexity index is 871. The van der Waals surface area contributed by atoms with Crippen LogP contribution < -0.4 is 5.32 Å². The molecule has 3 nitrogen and oxygen atoms in total. The molecular weight excluding hydrogens is 331 g/mol. The van der Waals surface area contributed by atoms with Crippen LogP contribution >= 0.6 is 23.2 Å². The fourth-order valence-corrected chi connectivity index (χ4v) is 3.07. The number of carbonyl (C=O) groups is 1. The maximum atomic E-state index is 12.2. The van der Waals surface area contributed by atoms with Crippen molar-refractivity contribution in [2.75, 3.05) is 6.54 Å². The Morgan fingerprint density at radius 2 is 1.91 bits per heavy atom. The van der Waals surface area contributed by atoms with Gasteiger partial charge < -0.3 is 9.88 Å². The SMILES string of the molecule is Cc1cc2ccccc2n1CCNC(=O)c1cc(Cl)ccc1Cl. The van der Waals surface area contributed by atoms with Crippen LogP contribution in [-0.4, -0.2) is 17.0 Å². The molecule has 0 fully saturated rings. The van der Waals surface area contributed by atoms with E-state index in [0.717, 1.165) is 0 Å². The normalized spacial score (nSPS) is 10.9. The van der Waals surface area contributed by atoms with Crippen LogP contribution in [0.25, 0.3) is 10.9 Å². The van der Waals surface area contributed by atoms with Crippen molar-refractivity contribution in [3.8, 4) is 0 Å². The lowest BCUT2D eigenvalue weighted by Crippen LogP contribution is -2.27. The molecule has 0 saturated heterocycles. The maximum Gasteiger partial charge on any atom is 0.252 e. The molecular formula is C18H16Cl2N2O. The second-order valence-electron chi connectivity index (χ2n) is 5.38. The zero-order chi connectivity index (χ0) is 16.4. The Morgan fingerprint density at radius 3 is 2.74 bits per heavy atom. The van der Waals surface area contributed by atoms with Gasteiger partial charge in [0, 0.05) is 29.3 Å². The molecule has 1 aromatic heterocycles. The van der Waals surface area contributed by atoms with E-state index in [1.807, 2.05) is 12.1 Å². The van der Waals surface area contributed by atoms with E-state index in [9.17, 15) is 4.79 Å². The van der Waals surface area contributed by atoms with E-state index in [2.05, 4.69) is 35.0 Å². The first-order valence-corrected chi connectivity index (χ1v) is 8.10. The molecule has 118 valence electrons. The minimum atomic E-state index is -0.216. The molecule has 0 aliphatic rings. The van der Waals surface area contributed by atoms with E-state index in [1.165, 1.54) is 16.6 Å². The summed E-state index contributed by atoms with van der Waals surface area (Å²) in [6, 6.07) is 15.2. The zero-order valence-electron chi connectivity index (χ0n) is 12.6. The second-order valence-corrected chi connectivity index (χ2v) is 6.22. The molecule has 0 bridgehead atoms. The van der Waals surface area contributed by atoms with E-state index < -0.39 is 0 Å². The number of nitrogens with zero attached hydrogens (tertiary/aromatic N) is 1. The number of aryl methyl sites for hydroxylation is 1. The van der Waals surface area contributed by atoms with E-state index in [0.29, 0.717) is 28.7 Å². The molecule has 0 atom stereocenters. The van der Waals surface area contributed by atoms with Gasteiger partial charge >= 0.3 is 0 Å². The topological polar surface area (TPSA) is 34.0 Å². The summed E-state index contributed by atoms with van der Waals surface area (Å²) in [7, 11) is 0. The van der Waals surface area contributed by atoms with E-state index >= 15 is 0 Å². The summed E-state index contributed by atoms with van der Waals surface area (Å²) >= 11 is 12.0. The van der Waals surface area contributed by atoms with Crippen LogP contribution in [0.15, 0.2) is 48.5 Å². The number of carbonyl (C=O) groups excluding carboxylic acids is 1. The van der Waals surface area contributed by atoms with E-state index in [-0.39, 0.29) is 5.91 Å². The van der Waals surface area contributed by atoms with E-state index in [1.54, 1.807) is 18.2 Å². The summed E-state index contributed by atoms with van der Waals surface area (Å²) in [5.41, 5.74) is 2.73. The van der Waals surface area contributed by atoms with Gasteiger partial charge in [0.25, 0.3) is 5.91 Å². The van der Waals surface area contributed by atoms with Crippen molar-refractivity contribution in [3.63, 3.8) is 0 Å². The summed E-state index contributed by atoms with van der Waals surface area (Å²) in [5, 5.41) is 4.99. The minimum absolute atomic E-state index is 0.216. The molecule has 3 rings (SSSR count). The highest BCUT2D eigenvalue weighted by Gasteiger charge is 2.11. The Balaban J connectivity index is 1.70. The fraction of sp³-hybridized carbons (Fsp3) is 0.167. The Kier molecular flexibility index (Phi) is 4.60. The largest absolute Gasteiger partial charge is 0.350 e. The Hall–Kier alpha value is -1.97. The smallest absolute Gasteiger partial charge is 0.252 e. The summed E-state index contributed by atoms with van der Waals surface area (Å²) in [4.78, 5) is 12.2. The monoisotopic (exact) mass is 346 g/mol. The van der Waals surface area contributed by atoms with Crippen LogP contribution in [0.5, 0.6) is 0 Å². The third-order valence-electron chi connectivity index (χ3n) is 3.81. The fourth-order valence-electron chi connectivity index (χ4n) is 2.69. The van der Waals surface area contributed by atoms with Crippen molar-refractivity contribution in [2.45, 2.75) is 13.5 Å². The predicted molar refractivity (Wildman–Crippen MR) is 95.5 cm³/mol. The van der Waals surface area contributed by atoms with Crippen LogP contribution in [0, 0.1) is 6.92 Å². The van der Waals surface area contributed by atoms with Crippen molar-refractivity contribution in [3.05, 3.63) is 69.8 Å². The number of aromatic nitrogens is 1. The van der Waals surface area contributed by atoms with Gasteiger partial charge in [-0.3, -0.25) is 4.79 Å². The van der Waals surface area contributed by atoms with Crippen molar-refractivity contribution >= 4 is 40.0 Å². The average molecular weight is 347 g/mol. The van der Waals surface area contributed by atoms with Gasteiger partial charge in [-0.2, -0.15) is 0 Å². The molecule has 5 heteroatoms. The molecule has 0 spiro atoms. The summed E-state index contributed by atoms with van der Waals surface area (Å²) in [5.74, 6) is -0.216. The summed E-state index contributed by atoms with van der Waals surface area (Å²) in [6.07, 6.45) is 0. The van der Waals surface area contributed by atoms with Gasteiger partial charge in [-0.25, -0.2) is 0 Å². The number of hydrogen-bond donors (Lipinski definition) is 1. The van der Waals surface area contributed by atoms with Crippen LogP contribution in [0.3, 0.4) is 0 Å². The van der Waals surface area contributed by atoms with Gasteiger partial charge in [0.1, 0.15) is 0 Å². The van der Waals surface area contributed by atoms with Gasteiger partial charge in [0.05, 0.1) is 10.6 Å². The molecule has 0 aliphatic carbocycles. The first kappa shape index (κ1) is 15.9. The third kappa shape index (κ3) is 3.36. The number of rotatable bonds is 4. The lowest BCUT2D eigenvalue weighted by molar-refractivity contribution is 0.0952. The van der Waals surface area contributed by atoms with E-state index in [4.69, 9.17) is 23.2 Å². The molecule has 23 heavy (non-hydrogen) atoms. The lowest BCUT2D eigenvalue weighted by Gasteiger charge is -2.10. The highest BCUT2D eigenvalue weighted by Crippen LogP contribution is 2.21. The Labute approximate surface area is 144 Å². The van der Waals surface area contributed by atoms with Crippen LogP contribution in [0.1, 0.15) is 16.1 Å². The number of hydrogen-bond acceptors (Lipinski definition) is 1. The quantitative estimate of drug-likeness (QED) is 0.730. The molecule has 0 saturated carbocycles. The number of halogens is 2. The molecule has 0 unspecified atom stereocenters. The van der Waals surface area contributed by atoms with Gasteiger partial charge in [-0.1, -0.05) is 41.4 Å². The van der Waals surface area contributed by atoms with Gasteiger partial charge in [0.15, 0.2) is 0 Å². The van der Waals surface area contributed by atoms with Gasteiger partial charge in [-0.15, -0.1) is 0 Å². The second kappa shape index (κ2) is 6.65. The van der Waals surface area contributed by atoms with Crippen LogP contribution in [-0.2, 0) is 6.54 Å².